The fraction of sp³-hybridized carbons (Fsp3) is 0.750. The second-order valence-electron chi connectivity index (χ2n) is 4.76. The second-order valence-corrected chi connectivity index (χ2v) is 4.76. The highest BCUT2D eigenvalue weighted by Gasteiger charge is 2.31. The highest BCUT2D eigenvalue weighted by Crippen LogP contribution is 2.21. The van der Waals surface area contributed by atoms with Gasteiger partial charge in [-0.3, -0.25) is 4.79 Å². The summed E-state index contributed by atoms with van der Waals surface area (Å²) in [5, 5.41) is 6.78. The van der Waals surface area contributed by atoms with Crippen LogP contribution in [0.15, 0.2) is 4.52 Å². The highest BCUT2D eigenvalue weighted by molar-refractivity contribution is 5.79. The Kier molecular flexibility index (Phi) is 4.49. The highest BCUT2D eigenvalue weighted by atomic mass is 16.5. The first-order valence-corrected chi connectivity index (χ1v) is 6.56. The van der Waals surface area contributed by atoms with Crippen LogP contribution in [0.1, 0.15) is 37.5 Å². The molecule has 0 spiro atoms. The fourth-order valence-electron chi connectivity index (χ4n) is 2.15. The van der Waals surface area contributed by atoms with Crippen LogP contribution in [-0.2, 0) is 9.53 Å². The standard InChI is InChI=1S/C12H20N4O3/c1-3-10(11-14-7(2)19-16-11)15-12(17)8-4-9(5-13)18-6-8/h8-10H,3-6,13H2,1-2H3,(H,15,17). The summed E-state index contributed by atoms with van der Waals surface area (Å²) in [4.78, 5) is 16.3. The monoisotopic (exact) mass is 268 g/mol. The molecule has 0 saturated carbocycles. The SMILES string of the molecule is CCC(NC(=O)C1COC(CN)C1)c1noc(C)n1. The number of ether oxygens (including phenoxy) is 1. The summed E-state index contributed by atoms with van der Waals surface area (Å²) in [7, 11) is 0. The molecular weight excluding hydrogens is 248 g/mol. The number of hydrogen-bond donors (Lipinski definition) is 2. The van der Waals surface area contributed by atoms with Crippen LogP contribution in [0, 0.1) is 12.8 Å². The average molecular weight is 268 g/mol. The predicted molar refractivity (Wildman–Crippen MR) is 67.1 cm³/mol. The third-order valence-corrected chi connectivity index (χ3v) is 3.29. The van der Waals surface area contributed by atoms with Crippen LogP contribution < -0.4 is 11.1 Å². The number of nitrogens with one attached hydrogen (secondary N) is 1. The van der Waals surface area contributed by atoms with Gasteiger partial charge in [-0.25, -0.2) is 0 Å². The van der Waals surface area contributed by atoms with E-state index in [0.29, 0.717) is 37.7 Å². The average Bonchev–Trinajstić information content (AvgIpc) is 3.04. The van der Waals surface area contributed by atoms with Gasteiger partial charge in [0.2, 0.25) is 11.8 Å². The molecule has 7 heteroatoms. The lowest BCUT2D eigenvalue weighted by Crippen LogP contribution is -2.34. The van der Waals surface area contributed by atoms with E-state index in [1.54, 1.807) is 6.92 Å². The summed E-state index contributed by atoms with van der Waals surface area (Å²) >= 11 is 0. The van der Waals surface area contributed by atoms with Crippen LogP contribution in [0.2, 0.25) is 0 Å². The second kappa shape index (κ2) is 6.12. The summed E-state index contributed by atoms with van der Waals surface area (Å²) in [6.45, 7) is 4.56. The van der Waals surface area contributed by atoms with Crippen LogP contribution in [0.25, 0.3) is 0 Å². The molecule has 3 N–H and O–H groups in total. The first-order chi connectivity index (χ1) is 9.13. The molecule has 2 rings (SSSR count). The molecule has 2 heterocycles. The first-order valence-electron chi connectivity index (χ1n) is 6.56. The molecule has 0 aliphatic carbocycles. The van der Waals surface area contributed by atoms with Crippen molar-refractivity contribution in [3.8, 4) is 0 Å². The van der Waals surface area contributed by atoms with E-state index in [1.165, 1.54) is 0 Å². The van der Waals surface area contributed by atoms with Gasteiger partial charge in [-0.05, 0) is 12.8 Å². The number of carbonyl (C=O) groups excluding carboxylic acids is 1. The van der Waals surface area contributed by atoms with E-state index in [4.69, 9.17) is 15.0 Å². The molecule has 1 amide bonds. The topological polar surface area (TPSA) is 103 Å². The molecule has 1 fully saturated rings. The van der Waals surface area contributed by atoms with Crippen molar-refractivity contribution >= 4 is 5.91 Å². The minimum atomic E-state index is -0.220. The van der Waals surface area contributed by atoms with Gasteiger partial charge in [0.25, 0.3) is 0 Å². The van der Waals surface area contributed by atoms with Crippen LogP contribution in [-0.4, -0.2) is 35.3 Å². The molecule has 3 unspecified atom stereocenters. The largest absolute Gasteiger partial charge is 0.376 e. The van der Waals surface area contributed by atoms with Crippen molar-refractivity contribution in [1.82, 2.24) is 15.5 Å². The van der Waals surface area contributed by atoms with Gasteiger partial charge in [-0.15, -0.1) is 0 Å². The van der Waals surface area contributed by atoms with Crippen molar-refractivity contribution in [3.05, 3.63) is 11.7 Å². The predicted octanol–water partition coefficient (Wildman–Crippen LogP) is 0.309. The molecule has 0 bridgehead atoms. The molecule has 1 aromatic rings. The molecule has 0 aromatic carbocycles. The van der Waals surface area contributed by atoms with E-state index < -0.39 is 0 Å². The Morgan fingerprint density at radius 1 is 1.63 bits per heavy atom. The molecule has 7 nitrogen and oxygen atoms in total. The molecule has 106 valence electrons. The number of nitrogens with two attached hydrogens (primary N) is 1. The molecule has 3 atom stereocenters. The third-order valence-electron chi connectivity index (χ3n) is 3.29. The van der Waals surface area contributed by atoms with Gasteiger partial charge in [-0.1, -0.05) is 12.1 Å². The Hall–Kier alpha value is -1.47. The molecular formula is C12H20N4O3. The zero-order valence-electron chi connectivity index (χ0n) is 11.3. The minimum absolute atomic E-state index is 0.0109. The number of nitrogens with zero attached hydrogens (tertiary/aromatic N) is 2. The summed E-state index contributed by atoms with van der Waals surface area (Å²) in [5.74, 6) is 0.832. The first kappa shape index (κ1) is 14.0. The Labute approximate surface area is 111 Å². The molecule has 1 aromatic heterocycles. The molecule has 0 radical (unpaired) electrons. The number of aryl methyl sites for hydroxylation is 1. The van der Waals surface area contributed by atoms with E-state index in [0.717, 1.165) is 0 Å². The number of rotatable bonds is 5. The maximum Gasteiger partial charge on any atom is 0.226 e. The Morgan fingerprint density at radius 3 is 2.95 bits per heavy atom. The maximum atomic E-state index is 12.1. The van der Waals surface area contributed by atoms with E-state index >= 15 is 0 Å². The van der Waals surface area contributed by atoms with Gasteiger partial charge in [0.05, 0.1) is 24.7 Å². The Balaban J connectivity index is 1.93. The Bertz CT molecular complexity index is 434. The van der Waals surface area contributed by atoms with E-state index in [1.807, 2.05) is 6.92 Å². The normalized spacial score (nSPS) is 24.4. The molecule has 19 heavy (non-hydrogen) atoms. The number of carbonyl (C=O) groups is 1. The van der Waals surface area contributed by atoms with Crippen molar-refractivity contribution in [1.29, 1.82) is 0 Å². The van der Waals surface area contributed by atoms with Gasteiger partial charge in [-0.2, -0.15) is 4.98 Å². The zero-order chi connectivity index (χ0) is 13.8. The Morgan fingerprint density at radius 2 is 2.42 bits per heavy atom. The van der Waals surface area contributed by atoms with Crippen molar-refractivity contribution in [2.75, 3.05) is 13.2 Å². The summed E-state index contributed by atoms with van der Waals surface area (Å²) < 4.78 is 10.4. The lowest BCUT2D eigenvalue weighted by Gasteiger charge is -2.15. The quantitative estimate of drug-likeness (QED) is 0.796. The van der Waals surface area contributed by atoms with E-state index in [9.17, 15) is 4.79 Å². The van der Waals surface area contributed by atoms with Gasteiger partial charge in [0.1, 0.15) is 0 Å². The van der Waals surface area contributed by atoms with Crippen molar-refractivity contribution in [2.45, 2.75) is 38.8 Å². The number of aromatic nitrogens is 2. The van der Waals surface area contributed by atoms with E-state index in [-0.39, 0.29) is 24.0 Å². The zero-order valence-corrected chi connectivity index (χ0v) is 11.3. The molecule has 1 aliphatic heterocycles. The van der Waals surface area contributed by atoms with Crippen LogP contribution in [0.5, 0.6) is 0 Å². The fourth-order valence-corrected chi connectivity index (χ4v) is 2.15. The van der Waals surface area contributed by atoms with Gasteiger partial charge >= 0.3 is 0 Å². The van der Waals surface area contributed by atoms with Crippen molar-refractivity contribution in [3.63, 3.8) is 0 Å². The van der Waals surface area contributed by atoms with Gasteiger partial charge < -0.3 is 20.3 Å². The molecule has 1 saturated heterocycles. The number of amides is 1. The van der Waals surface area contributed by atoms with Gasteiger partial charge in [0.15, 0.2) is 5.82 Å². The smallest absolute Gasteiger partial charge is 0.226 e. The van der Waals surface area contributed by atoms with Crippen LogP contribution in [0.4, 0.5) is 0 Å². The summed E-state index contributed by atoms with van der Waals surface area (Å²) in [5.41, 5.74) is 5.53. The molecule has 1 aliphatic rings. The maximum absolute atomic E-state index is 12.1. The lowest BCUT2D eigenvalue weighted by atomic mass is 10.0. The van der Waals surface area contributed by atoms with E-state index in [2.05, 4.69) is 15.5 Å². The van der Waals surface area contributed by atoms with Crippen LogP contribution in [0.3, 0.4) is 0 Å². The lowest BCUT2D eigenvalue weighted by molar-refractivity contribution is -0.125. The van der Waals surface area contributed by atoms with Crippen molar-refractivity contribution < 1.29 is 14.1 Å². The van der Waals surface area contributed by atoms with Gasteiger partial charge in [0, 0.05) is 13.5 Å². The minimum Gasteiger partial charge on any atom is -0.376 e. The number of hydrogen-bond acceptors (Lipinski definition) is 6. The van der Waals surface area contributed by atoms with Crippen LogP contribution >= 0.6 is 0 Å². The summed E-state index contributed by atoms with van der Waals surface area (Å²) in [6, 6.07) is -0.220. The summed E-state index contributed by atoms with van der Waals surface area (Å²) in [6.07, 6.45) is 1.37. The third kappa shape index (κ3) is 3.30. The van der Waals surface area contributed by atoms with Crippen molar-refractivity contribution in [2.24, 2.45) is 11.7 Å².